The number of hydrogen-bond acceptors (Lipinski definition) is 13. The number of nitrogens with zero attached hydrogens (tertiary/aromatic N) is 8. The van der Waals surface area contributed by atoms with Crippen LogP contribution in [0.5, 0.6) is 0 Å². The lowest BCUT2D eigenvalue weighted by molar-refractivity contribution is 0.965. The number of rotatable bonds is 7. The van der Waals surface area contributed by atoms with E-state index >= 15 is 0 Å². The van der Waals surface area contributed by atoms with Gasteiger partial charge in [-0.15, -0.1) is 34.4 Å². The van der Waals surface area contributed by atoms with E-state index in [1.54, 1.807) is 33.6 Å². The summed E-state index contributed by atoms with van der Waals surface area (Å²) in [5, 5.41) is 8.04. The zero-order chi connectivity index (χ0) is 33.2. The molecule has 0 bridgehead atoms. The molecular formula is C33H28N10O2S3. The Morgan fingerprint density at radius 2 is 1.12 bits per heavy atom. The molecule has 0 saturated carbocycles. The molecule has 8 rings (SSSR count). The van der Waals surface area contributed by atoms with E-state index in [-0.39, 0.29) is 11.1 Å². The van der Waals surface area contributed by atoms with Crippen molar-refractivity contribution in [1.29, 1.82) is 0 Å². The highest BCUT2D eigenvalue weighted by atomic mass is 32.2. The molecule has 0 aliphatic rings. The lowest BCUT2D eigenvalue weighted by Crippen LogP contribution is -2.17. The molecule has 0 atom stereocenters. The van der Waals surface area contributed by atoms with Crippen molar-refractivity contribution >= 4 is 86.9 Å². The minimum atomic E-state index is -0.0911. The van der Waals surface area contributed by atoms with Crippen LogP contribution in [0.25, 0.3) is 52.2 Å². The number of nitrogens with one attached hydrogen (secondary N) is 2. The summed E-state index contributed by atoms with van der Waals surface area (Å²) in [5.74, 6) is 1.43. The standard InChI is InChI=1S/C17H15N5OS2.C16H13N5OS/c1-3-18-15-12-13-14(25-16(12)20-8-19-15)17(23)22(9-21-13)10-4-6-11(24-2)7-5-10;1-2-17-14-11-12-13(23-15(11)19-8-18-14)16(22)21(9-20-12)10-6-4-3-5-7-10/h4-9H,3H2,1-2H3,(H,18,19,20);3-9H,2H2,1H3,(H,17,18,19). The Bertz CT molecular complexity index is 2530. The van der Waals surface area contributed by atoms with Crippen LogP contribution in [0.4, 0.5) is 11.6 Å². The smallest absolute Gasteiger partial charge is 0.275 e. The first kappa shape index (κ1) is 31.4. The summed E-state index contributed by atoms with van der Waals surface area (Å²) in [7, 11) is 0. The molecule has 240 valence electrons. The first-order valence-electron chi connectivity index (χ1n) is 15.0. The number of benzene rings is 2. The van der Waals surface area contributed by atoms with E-state index in [1.165, 1.54) is 35.3 Å². The molecule has 12 nitrogen and oxygen atoms in total. The third-order valence-electron chi connectivity index (χ3n) is 7.43. The van der Waals surface area contributed by atoms with Crippen molar-refractivity contribution in [1.82, 2.24) is 39.0 Å². The molecule has 0 spiro atoms. The van der Waals surface area contributed by atoms with Gasteiger partial charge in [-0.3, -0.25) is 18.7 Å². The maximum absolute atomic E-state index is 13.0. The van der Waals surface area contributed by atoms with Gasteiger partial charge in [-0.25, -0.2) is 29.9 Å². The second-order valence-electron chi connectivity index (χ2n) is 10.3. The minimum absolute atomic E-state index is 0.0904. The van der Waals surface area contributed by atoms with Gasteiger partial charge in [0.1, 0.15) is 67.0 Å². The van der Waals surface area contributed by atoms with Gasteiger partial charge < -0.3 is 10.6 Å². The third kappa shape index (κ3) is 5.65. The number of fused-ring (bicyclic) bond motifs is 6. The lowest BCUT2D eigenvalue weighted by Gasteiger charge is -2.06. The molecule has 0 amide bonds. The van der Waals surface area contributed by atoms with Crippen LogP contribution in [0.15, 0.2) is 94.4 Å². The predicted octanol–water partition coefficient (Wildman–Crippen LogP) is 6.37. The average Bonchev–Trinajstić information content (AvgIpc) is 3.71. The molecule has 6 heterocycles. The van der Waals surface area contributed by atoms with Gasteiger partial charge >= 0.3 is 0 Å². The number of para-hydroxylation sites is 1. The Balaban J connectivity index is 0.000000152. The van der Waals surface area contributed by atoms with Crippen LogP contribution in [0.2, 0.25) is 0 Å². The van der Waals surface area contributed by atoms with Crippen LogP contribution in [-0.4, -0.2) is 58.4 Å². The Labute approximate surface area is 285 Å². The topological polar surface area (TPSA) is 145 Å². The van der Waals surface area contributed by atoms with Gasteiger partial charge in [-0.1, -0.05) is 18.2 Å². The second kappa shape index (κ2) is 13.5. The Hall–Kier alpha value is -5.25. The second-order valence-corrected chi connectivity index (χ2v) is 13.2. The van der Waals surface area contributed by atoms with Crippen molar-refractivity contribution in [2.45, 2.75) is 18.7 Å². The van der Waals surface area contributed by atoms with Gasteiger partial charge in [-0.05, 0) is 56.5 Å². The number of hydrogen-bond donors (Lipinski definition) is 2. The molecule has 0 radical (unpaired) electrons. The SMILES string of the molecule is CCNc1ncnc2sc3c(=O)n(-c4ccc(SC)cc4)cnc3c12.CCNc1ncnc2sc3c(=O)n(-c4ccccc4)cnc3c12. The number of thioether (sulfide) groups is 1. The van der Waals surface area contributed by atoms with E-state index in [1.807, 2.05) is 74.7 Å². The summed E-state index contributed by atoms with van der Waals surface area (Å²) in [6.07, 6.45) is 8.18. The van der Waals surface area contributed by atoms with Crippen LogP contribution in [0.1, 0.15) is 13.8 Å². The van der Waals surface area contributed by atoms with Gasteiger partial charge in [0, 0.05) is 18.0 Å². The highest BCUT2D eigenvalue weighted by molar-refractivity contribution is 7.98. The first-order valence-corrected chi connectivity index (χ1v) is 17.8. The molecule has 0 aliphatic carbocycles. The summed E-state index contributed by atoms with van der Waals surface area (Å²) in [5.41, 5.74) is 2.71. The predicted molar refractivity (Wildman–Crippen MR) is 197 cm³/mol. The van der Waals surface area contributed by atoms with E-state index in [4.69, 9.17) is 0 Å². The van der Waals surface area contributed by atoms with Crippen LogP contribution < -0.4 is 21.8 Å². The largest absolute Gasteiger partial charge is 0.370 e. The molecule has 2 N–H and O–H groups in total. The van der Waals surface area contributed by atoms with E-state index in [2.05, 4.69) is 40.5 Å². The van der Waals surface area contributed by atoms with Crippen LogP contribution in [0, 0.1) is 0 Å². The Morgan fingerprint density at radius 3 is 1.58 bits per heavy atom. The third-order valence-corrected chi connectivity index (χ3v) is 10.3. The van der Waals surface area contributed by atoms with E-state index < -0.39 is 0 Å². The summed E-state index contributed by atoms with van der Waals surface area (Å²) in [6.45, 7) is 5.48. The Morgan fingerprint density at radius 1 is 0.646 bits per heavy atom. The van der Waals surface area contributed by atoms with E-state index in [9.17, 15) is 9.59 Å². The average molecular weight is 693 g/mol. The molecule has 0 fully saturated rings. The normalized spacial score (nSPS) is 11.2. The highest BCUT2D eigenvalue weighted by Gasteiger charge is 2.18. The molecule has 0 saturated heterocycles. The van der Waals surface area contributed by atoms with Gasteiger partial charge in [0.25, 0.3) is 11.1 Å². The van der Waals surface area contributed by atoms with Gasteiger partial charge in [-0.2, -0.15) is 0 Å². The lowest BCUT2D eigenvalue weighted by atomic mass is 10.3. The number of thiophene rings is 2. The highest BCUT2D eigenvalue weighted by Crippen LogP contribution is 2.34. The number of aromatic nitrogens is 8. The fourth-order valence-corrected chi connectivity index (χ4v) is 7.69. The van der Waals surface area contributed by atoms with Crippen molar-refractivity contribution < 1.29 is 0 Å². The van der Waals surface area contributed by atoms with Crippen LogP contribution >= 0.6 is 34.4 Å². The van der Waals surface area contributed by atoms with Crippen molar-refractivity contribution in [3.8, 4) is 11.4 Å². The van der Waals surface area contributed by atoms with Gasteiger partial charge in [0.15, 0.2) is 0 Å². The molecule has 2 aromatic carbocycles. The van der Waals surface area contributed by atoms with Crippen molar-refractivity contribution in [2.75, 3.05) is 30.0 Å². The van der Waals surface area contributed by atoms with Gasteiger partial charge in [0.05, 0.1) is 22.1 Å². The molecule has 48 heavy (non-hydrogen) atoms. The summed E-state index contributed by atoms with van der Waals surface area (Å²) >= 11 is 4.37. The molecule has 0 unspecified atom stereocenters. The molecule has 8 aromatic rings. The quantitative estimate of drug-likeness (QED) is 0.180. The molecule has 0 aliphatic heterocycles. The Kier molecular flexibility index (Phi) is 8.80. The first-order chi connectivity index (χ1) is 23.5. The summed E-state index contributed by atoms with van der Waals surface area (Å²) < 4.78 is 4.30. The van der Waals surface area contributed by atoms with Crippen molar-refractivity contribution in [3.05, 3.63) is 101 Å². The van der Waals surface area contributed by atoms with Crippen molar-refractivity contribution in [2.24, 2.45) is 0 Å². The molecular weight excluding hydrogens is 665 g/mol. The monoisotopic (exact) mass is 692 g/mol. The fourth-order valence-electron chi connectivity index (χ4n) is 5.23. The summed E-state index contributed by atoms with van der Waals surface area (Å²) in [4.78, 5) is 54.7. The van der Waals surface area contributed by atoms with Crippen molar-refractivity contribution in [3.63, 3.8) is 0 Å². The van der Waals surface area contributed by atoms with Crippen LogP contribution in [-0.2, 0) is 0 Å². The van der Waals surface area contributed by atoms with Gasteiger partial charge in [0.2, 0.25) is 0 Å². The minimum Gasteiger partial charge on any atom is -0.370 e. The zero-order valence-electron chi connectivity index (χ0n) is 26.0. The maximum atomic E-state index is 13.0. The fraction of sp³-hybridized carbons (Fsp3) is 0.152. The van der Waals surface area contributed by atoms with E-state index in [0.717, 1.165) is 49.8 Å². The molecule has 15 heteroatoms. The number of anilines is 2. The maximum Gasteiger partial charge on any atom is 0.275 e. The van der Waals surface area contributed by atoms with Crippen LogP contribution in [0.3, 0.4) is 0 Å². The summed E-state index contributed by atoms with van der Waals surface area (Å²) in [6, 6.07) is 17.3. The van der Waals surface area contributed by atoms with E-state index in [0.29, 0.717) is 32.1 Å². The zero-order valence-corrected chi connectivity index (χ0v) is 28.5. The molecule has 6 aromatic heterocycles.